The predicted molar refractivity (Wildman–Crippen MR) is 112 cm³/mol. The maximum absolute atomic E-state index is 13.8. The summed E-state index contributed by atoms with van der Waals surface area (Å²) < 4.78 is 53.0. The summed E-state index contributed by atoms with van der Waals surface area (Å²) in [6.45, 7) is -0.317. The fraction of sp³-hybridized carbons (Fsp3) is 0.0952. The highest BCUT2D eigenvalue weighted by Gasteiger charge is 2.27. The van der Waals surface area contributed by atoms with E-state index in [9.17, 15) is 22.9 Å². The van der Waals surface area contributed by atoms with E-state index in [4.69, 9.17) is 21.1 Å². The van der Waals surface area contributed by atoms with Gasteiger partial charge in [0.1, 0.15) is 17.6 Å². The zero-order valence-corrected chi connectivity index (χ0v) is 17.9. The molecule has 0 spiro atoms. The molecule has 11 heteroatoms. The van der Waals surface area contributed by atoms with E-state index in [1.165, 1.54) is 31.5 Å². The molecule has 1 aliphatic heterocycles. The van der Waals surface area contributed by atoms with Crippen LogP contribution in [0.3, 0.4) is 0 Å². The van der Waals surface area contributed by atoms with Crippen LogP contribution in [0.4, 0.5) is 10.1 Å². The number of sulfonamides is 1. The van der Waals surface area contributed by atoms with Gasteiger partial charge in [0.15, 0.2) is 5.75 Å². The van der Waals surface area contributed by atoms with E-state index in [-0.39, 0.29) is 34.2 Å². The number of pyridine rings is 1. The van der Waals surface area contributed by atoms with E-state index in [1.54, 1.807) is 6.07 Å². The number of nitrogens with zero attached hydrogens (tertiary/aromatic N) is 2. The van der Waals surface area contributed by atoms with Gasteiger partial charge in [0.05, 0.1) is 28.9 Å². The molecule has 0 atom stereocenters. The molecule has 0 fully saturated rings. The zero-order valence-electron chi connectivity index (χ0n) is 16.3. The highest BCUT2D eigenvalue weighted by Crippen LogP contribution is 2.36. The molecule has 0 saturated carbocycles. The van der Waals surface area contributed by atoms with Crippen molar-refractivity contribution in [3.05, 3.63) is 70.3 Å². The van der Waals surface area contributed by atoms with Crippen LogP contribution in [-0.2, 0) is 21.4 Å². The lowest BCUT2D eigenvalue weighted by Crippen LogP contribution is -2.16. The fourth-order valence-electron chi connectivity index (χ4n) is 3.25. The van der Waals surface area contributed by atoms with Crippen LogP contribution < -0.4 is 9.46 Å². The van der Waals surface area contributed by atoms with E-state index < -0.39 is 26.8 Å². The Hall–Kier alpha value is -3.68. The van der Waals surface area contributed by atoms with Crippen LogP contribution in [0.5, 0.6) is 5.75 Å². The molecule has 4 rings (SSSR count). The molecule has 162 valence electrons. The number of anilines is 1. The van der Waals surface area contributed by atoms with Gasteiger partial charge in [-0.1, -0.05) is 17.7 Å². The van der Waals surface area contributed by atoms with E-state index in [2.05, 4.69) is 9.71 Å². The number of nitrogens with one attached hydrogen (secondary N) is 1. The standard InChI is InChI=1S/C21H13ClFN3O5S/c1-30-20-16(22)4-13-6-18(20)32(28,29)26-17-5-11(2-3-12(17)8-24)15-9-25-19(23)7-14(15)10-31-21(13)27/h2-7,9,26H,10H2,1H3. The van der Waals surface area contributed by atoms with Crippen LogP contribution in [0.2, 0.25) is 5.02 Å². The lowest BCUT2D eigenvalue weighted by molar-refractivity contribution is 0.0472. The predicted octanol–water partition coefficient (Wildman–Crippen LogP) is 3.89. The van der Waals surface area contributed by atoms with Crippen LogP contribution in [0.15, 0.2) is 47.5 Å². The van der Waals surface area contributed by atoms with Crippen molar-refractivity contribution in [2.75, 3.05) is 11.8 Å². The minimum atomic E-state index is -4.36. The van der Waals surface area contributed by atoms with E-state index in [0.29, 0.717) is 16.7 Å². The van der Waals surface area contributed by atoms with Gasteiger partial charge in [-0.05, 0) is 29.8 Å². The largest absolute Gasteiger partial charge is 0.494 e. The summed E-state index contributed by atoms with van der Waals surface area (Å²) in [5.41, 5.74) is 0.969. The summed E-state index contributed by atoms with van der Waals surface area (Å²) in [5, 5.41) is 9.32. The summed E-state index contributed by atoms with van der Waals surface area (Å²) in [6, 6.07) is 9.65. The van der Waals surface area contributed by atoms with Crippen LogP contribution in [0, 0.1) is 17.3 Å². The number of halogens is 2. The SMILES string of the molecule is COc1c(Cl)cc2cc1S(=O)(=O)Nc1cc(ccc1C#N)-c1cnc(F)cc1COC2=O. The van der Waals surface area contributed by atoms with Gasteiger partial charge < -0.3 is 9.47 Å². The molecule has 2 heterocycles. The number of hydrogen-bond acceptors (Lipinski definition) is 7. The number of aromatic nitrogens is 1. The topological polar surface area (TPSA) is 118 Å². The van der Waals surface area contributed by atoms with Crippen molar-refractivity contribution >= 4 is 33.3 Å². The Balaban J connectivity index is 2.02. The number of rotatable bonds is 1. The number of carbonyl (C=O) groups is 1. The third kappa shape index (κ3) is 3.84. The number of cyclic esters (lactones) is 1. The summed E-state index contributed by atoms with van der Waals surface area (Å²) in [4.78, 5) is 15.9. The van der Waals surface area contributed by atoms with Gasteiger partial charge >= 0.3 is 5.97 Å². The third-order valence-corrected chi connectivity index (χ3v) is 6.40. The Labute approximate surface area is 187 Å². The lowest BCUT2D eigenvalue weighted by Gasteiger charge is -2.15. The van der Waals surface area contributed by atoms with Gasteiger partial charge in [-0.15, -0.1) is 0 Å². The van der Waals surface area contributed by atoms with Gasteiger partial charge in [-0.2, -0.15) is 9.65 Å². The molecule has 2 aromatic carbocycles. The second-order valence-electron chi connectivity index (χ2n) is 6.71. The zero-order chi connectivity index (χ0) is 23.0. The van der Waals surface area contributed by atoms with Crippen molar-refractivity contribution in [2.45, 2.75) is 11.5 Å². The van der Waals surface area contributed by atoms with E-state index in [0.717, 1.165) is 12.1 Å². The number of ether oxygens (including phenoxy) is 2. The minimum absolute atomic E-state index is 0.0321. The van der Waals surface area contributed by atoms with Gasteiger partial charge in [-0.25, -0.2) is 18.2 Å². The molecule has 4 bridgehead atoms. The number of esters is 1. The third-order valence-electron chi connectivity index (χ3n) is 4.75. The second-order valence-corrected chi connectivity index (χ2v) is 8.77. The quantitative estimate of drug-likeness (QED) is 0.420. The summed E-state index contributed by atoms with van der Waals surface area (Å²) in [5.74, 6) is -1.85. The molecule has 0 unspecified atom stereocenters. The molecule has 32 heavy (non-hydrogen) atoms. The molecule has 1 N–H and O–H groups in total. The number of fused-ring (bicyclic) bond motifs is 6. The Morgan fingerprint density at radius 1 is 1.25 bits per heavy atom. The molecule has 1 aromatic heterocycles. The van der Waals surface area contributed by atoms with Gasteiger partial charge in [0, 0.05) is 23.4 Å². The van der Waals surface area contributed by atoms with Crippen LogP contribution >= 0.6 is 11.6 Å². The van der Waals surface area contributed by atoms with Crippen molar-refractivity contribution in [1.82, 2.24) is 4.98 Å². The minimum Gasteiger partial charge on any atom is -0.494 e. The van der Waals surface area contributed by atoms with Crippen LogP contribution in [-0.4, -0.2) is 26.5 Å². The first-order valence-corrected chi connectivity index (χ1v) is 10.9. The van der Waals surface area contributed by atoms with Gasteiger partial charge in [0.25, 0.3) is 10.0 Å². The van der Waals surface area contributed by atoms with Crippen molar-refractivity contribution in [3.8, 4) is 22.9 Å². The maximum Gasteiger partial charge on any atom is 0.338 e. The first kappa shape index (κ1) is 21.5. The number of carbonyl (C=O) groups excluding carboxylic acids is 1. The van der Waals surface area contributed by atoms with Crippen LogP contribution in [0.25, 0.3) is 11.1 Å². The maximum atomic E-state index is 13.8. The fourth-order valence-corrected chi connectivity index (χ4v) is 4.89. The molecule has 1 aliphatic rings. The molecular weight excluding hydrogens is 461 g/mol. The molecule has 8 nitrogen and oxygen atoms in total. The Morgan fingerprint density at radius 2 is 2.03 bits per heavy atom. The molecule has 0 radical (unpaired) electrons. The highest BCUT2D eigenvalue weighted by atomic mass is 35.5. The number of benzene rings is 2. The summed E-state index contributed by atoms with van der Waals surface area (Å²) >= 11 is 6.16. The van der Waals surface area contributed by atoms with E-state index >= 15 is 0 Å². The normalized spacial score (nSPS) is 14.4. The smallest absolute Gasteiger partial charge is 0.338 e. The average Bonchev–Trinajstić information content (AvgIpc) is 2.76. The van der Waals surface area contributed by atoms with E-state index in [1.807, 2.05) is 6.07 Å². The summed E-state index contributed by atoms with van der Waals surface area (Å²) in [7, 11) is -3.13. The molecule has 3 aromatic rings. The monoisotopic (exact) mass is 473 g/mol. The average molecular weight is 474 g/mol. The Morgan fingerprint density at radius 3 is 2.75 bits per heavy atom. The molecule has 0 aliphatic carbocycles. The number of methoxy groups -OCH3 is 1. The van der Waals surface area contributed by atoms with Crippen molar-refractivity contribution in [1.29, 1.82) is 5.26 Å². The summed E-state index contributed by atoms with van der Waals surface area (Å²) in [6.07, 6.45) is 1.23. The molecule has 0 amide bonds. The molecular formula is C21H13ClFN3O5S. The van der Waals surface area contributed by atoms with Gasteiger partial charge in [0.2, 0.25) is 5.95 Å². The first-order valence-electron chi connectivity index (χ1n) is 9.00. The van der Waals surface area contributed by atoms with Crippen molar-refractivity contribution < 1.29 is 27.1 Å². The van der Waals surface area contributed by atoms with Gasteiger partial charge in [-0.3, -0.25) is 4.72 Å². The van der Waals surface area contributed by atoms with Crippen LogP contribution in [0.1, 0.15) is 21.5 Å². The molecule has 0 saturated heterocycles. The Kier molecular flexibility index (Phi) is 5.46. The second kappa shape index (κ2) is 8.11. The number of nitriles is 1. The number of hydrogen-bond donors (Lipinski definition) is 1. The Bertz CT molecular complexity index is 1420. The van der Waals surface area contributed by atoms with Crippen molar-refractivity contribution in [2.24, 2.45) is 0 Å². The van der Waals surface area contributed by atoms with Crippen molar-refractivity contribution in [3.63, 3.8) is 0 Å². The lowest BCUT2D eigenvalue weighted by atomic mass is 10.00. The first-order chi connectivity index (χ1) is 15.2. The highest BCUT2D eigenvalue weighted by molar-refractivity contribution is 7.92.